The van der Waals surface area contributed by atoms with E-state index in [9.17, 15) is 9.59 Å². The second-order valence-corrected chi connectivity index (χ2v) is 8.40. The Labute approximate surface area is 162 Å². The molecule has 1 aromatic rings. The minimum absolute atomic E-state index is 0.0274. The Hall–Kier alpha value is -2.04. The summed E-state index contributed by atoms with van der Waals surface area (Å²) in [6.07, 6.45) is 3.90. The first-order chi connectivity index (χ1) is 13.1. The predicted molar refractivity (Wildman–Crippen MR) is 105 cm³/mol. The maximum atomic E-state index is 13.4. The van der Waals surface area contributed by atoms with Gasteiger partial charge in [-0.25, -0.2) is 4.79 Å². The molecule has 1 aliphatic carbocycles. The Bertz CT molecular complexity index is 686. The van der Waals surface area contributed by atoms with E-state index in [4.69, 9.17) is 0 Å². The molecule has 1 saturated carbocycles. The monoisotopic (exact) mass is 369 g/mol. The largest absolute Gasteiger partial charge is 0.342 e. The lowest BCUT2D eigenvalue weighted by atomic mass is 9.77. The standard InChI is InChI=1S/C22H31N3O2/c1-3-25-20-14-17(16-9-5-4-6-10-16)15(2)18(13-19(20)23-22(25)27)21(26)24-11-7-8-12-24/h4-6,9-10,15,17-20H,3,7-8,11-14H2,1-2H3,(H,23,27)/t15-,17-,18+,19-,20+/m1/s1. The fraction of sp³-hybridized carbons (Fsp3) is 0.636. The summed E-state index contributed by atoms with van der Waals surface area (Å²) in [6.45, 7) is 6.78. The average molecular weight is 370 g/mol. The third-order valence-corrected chi connectivity index (χ3v) is 7.01. The zero-order valence-electron chi connectivity index (χ0n) is 16.4. The first-order valence-corrected chi connectivity index (χ1v) is 10.5. The van der Waals surface area contributed by atoms with E-state index in [-0.39, 0.29) is 30.0 Å². The number of likely N-dealkylation sites (N-methyl/N-ethyl adjacent to an activating group) is 1. The summed E-state index contributed by atoms with van der Waals surface area (Å²) in [5, 5.41) is 3.18. The van der Waals surface area contributed by atoms with Gasteiger partial charge in [0, 0.05) is 25.6 Å². The number of nitrogens with zero attached hydrogens (tertiary/aromatic N) is 2. The molecule has 0 radical (unpaired) electrons. The maximum Gasteiger partial charge on any atom is 0.317 e. The molecule has 3 amide bonds. The molecule has 146 valence electrons. The highest BCUT2D eigenvalue weighted by Crippen LogP contribution is 2.43. The Morgan fingerprint density at radius 2 is 1.85 bits per heavy atom. The summed E-state index contributed by atoms with van der Waals surface area (Å²) in [5.74, 6) is 0.826. The van der Waals surface area contributed by atoms with Crippen LogP contribution in [0.15, 0.2) is 30.3 Å². The first-order valence-electron chi connectivity index (χ1n) is 10.5. The van der Waals surface area contributed by atoms with Crippen molar-refractivity contribution in [3.63, 3.8) is 0 Å². The fourth-order valence-electron chi connectivity index (χ4n) is 5.47. The van der Waals surface area contributed by atoms with Gasteiger partial charge >= 0.3 is 6.03 Å². The summed E-state index contributed by atoms with van der Waals surface area (Å²) < 4.78 is 0. The third-order valence-electron chi connectivity index (χ3n) is 7.01. The van der Waals surface area contributed by atoms with Crippen LogP contribution in [0, 0.1) is 11.8 Å². The number of urea groups is 1. The highest BCUT2D eigenvalue weighted by molar-refractivity contribution is 5.81. The lowest BCUT2D eigenvalue weighted by Gasteiger charge is -2.32. The molecule has 0 aromatic heterocycles. The molecule has 0 spiro atoms. The number of carbonyl (C=O) groups excluding carboxylic acids is 2. The predicted octanol–water partition coefficient (Wildman–Crippen LogP) is 3.22. The lowest BCUT2D eigenvalue weighted by molar-refractivity contribution is -0.136. The van der Waals surface area contributed by atoms with Gasteiger partial charge < -0.3 is 15.1 Å². The molecule has 0 bridgehead atoms. The molecule has 2 aliphatic heterocycles. The minimum atomic E-state index is -0.0274. The summed E-state index contributed by atoms with van der Waals surface area (Å²) in [5.41, 5.74) is 1.29. The van der Waals surface area contributed by atoms with Gasteiger partial charge in [0.15, 0.2) is 0 Å². The Balaban J connectivity index is 1.68. The van der Waals surface area contributed by atoms with Crippen molar-refractivity contribution >= 4 is 11.9 Å². The van der Waals surface area contributed by atoms with Gasteiger partial charge in [-0.2, -0.15) is 0 Å². The summed E-state index contributed by atoms with van der Waals surface area (Å²) in [7, 11) is 0. The number of carbonyl (C=O) groups is 2. The van der Waals surface area contributed by atoms with E-state index in [1.807, 2.05) is 17.9 Å². The van der Waals surface area contributed by atoms with Gasteiger partial charge in [-0.1, -0.05) is 37.3 Å². The van der Waals surface area contributed by atoms with Crippen molar-refractivity contribution in [1.29, 1.82) is 0 Å². The van der Waals surface area contributed by atoms with E-state index >= 15 is 0 Å². The van der Waals surface area contributed by atoms with Crippen molar-refractivity contribution in [3.05, 3.63) is 35.9 Å². The van der Waals surface area contributed by atoms with Crippen LogP contribution in [0.3, 0.4) is 0 Å². The molecule has 1 aromatic carbocycles. The molecule has 4 rings (SSSR count). The van der Waals surface area contributed by atoms with Crippen LogP contribution in [-0.2, 0) is 4.79 Å². The van der Waals surface area contributed by atoms with Crippen molar-refractivity contribution in [2.45, 2.75) is 57.5 Å². The SMILES string of the molecule is CCN1C(=O)N[C@@H]2C[C@H](C(=O)N3CCCC3)[C@H](C)[C@H](c3ccccc3)C[C@@H]21. The van der Waals surface area contributed by atoms with Gasteiger partial charge in [0.1, 0.15) is 0 Å². The zero-order chi connectivity index (χ0) is 19.0. The molecule has 5 atom stereocenters. The lowest BCUT2D eigenvalue weighted by Crippen LogP contribution is -2.41. The molecular weight excluding hydrogens is 338 g/mol. The van der Waals surface area contributed by atoms with Crippen LogP contribution >= 0.6 is 0 Å². The third kappa shape index (κ3) is 3.32. The van der Waals surface area contributed by atoms with Gasteiger partial charge in [0.05, 0.1) is 12.1 Å². The molecule has 5 nitrogen and oxygen atoms in total. The van der Waals surface area contributed by atoms with Crippen molar-refractivity contribution in [1.82, 2.24) is 15.1 Å². The molecule has 0 unspecified atom stereocenters. The van der Waals surface area contributed by atoms with E-state index in [1.54, 1.807) is 0 Å². The van der Waals surface area contributed by atoms with Gasteiger partial charge in [-0.05, 0) is 50.0 Å². The van der Waals surface area contributed by atoms with Crippen molar-refractivity contribution in [2.24, 2.45) is 11.8 Å². The number of hydrogen-bond acceptors (Lipinski definition) is 2. The summed E-state index contributed by atoms with van der Waals surface area (Å²) in [4.78, 5) is 29.8. The van der Waals surface area contributed by atoms with E-state index in [1.165, 1.54) is 5.56 Å². The second-order valence-electron chi connectivity index (χ2n) is 8.40. The zero-order valence-corrected chi connectivity index (χ0v) is 16.4. The van der Waals surface area contributed by atoms with Crippen LogP contribution in [0.1, 0.15) is 51.0 Å². The van der Waals surface area contributed by atoms with E-state index in [0.717, 1.165) is 38.8 Å². The molecular formula is C22H31N3O2. The van der Waals surface area contributed by atoms with Gasteiger partial charge in [-0.3, -0.25) is 4.79 Å². The first kappa shape index (κ1) is 18.3. The highest BCUT2D eigenvalue weighted by Gasteiger charge is 2.48. The maximum absolute atomic E-state index is 13.4. The van der Waals surface area contributed by atoms with E-state index in [2.05, 4.69) is 41.4 Å². The molecule has 2 heterocycles. The van der Waals surface area contributed by atoms with Crippen LogP contribution in [0.2, 0.25) is 0 Å². The molecule has 27 heavy (non-hydrogen) atoms. The summed E-state index contributed by atoms with van der Waals surface area (Å²) in [6, 6.07) is 10.8. The Kier molecular flexibility index (Phi) is 5.11. The normalized spacial score (nSPS) is 33.6. The number of rotatable bonds is 3. The molecule has 1 N–H and O–H groups in total. The summed E-state index contributed by atoms with van der Waals surface area (Å²) >= 11 is 0. The number of nitrogens with one attached hydrogen (secondary N) is 1. The minimum Gasteiger partial charge on any atom is -0.342 e. The average Bonchev–Trinajstić information content (AvgIpc) is 3.29. The van der Waals surface area contributed by atoms with Gasteiger partial charge in [-0.15, -0.1) is 0 Å². The highest BCUT2D eigenvalue weighted by atomic mass is 16.2. The topological polar surface area (TPSA) is 52.7 Å². The molecule has 3 fully saturated rings. The number of hydrogen-bond donors (Lipinski definition) is 1. The van der Waals surface area contributed by atoms with Crippen LogP contribution in [0.25, 0.3) is 0 Å². The van der Waals surface area contributed by atoms with Gasteiger partial charge in [0.2, 0.25) is 5.91 Å². The quantitative estimate of drug-likeness (QED) is 0.889. The number of benzene rings is 1. The second kappa shape index (κ2) is 7.53. The molecule has 2 saturated heterocycles. The van der Waals surface area contributed by atoms with E-state index < -0.39 is 0 Å². The van der Waals surface area contributed by atoms with Crippen LogP contribution < -0.4 is 5.32 Å². The smallest absolute Gasteiger partial charge is 0.317 e. The molecule has 3 aliphatic rings. The van der Waals surface area contributed by atoms with Gasteiger partial charge in [0.25, 0.3) is 0 Å². The van der Waals surface area contributed by atoms with Crippen molar-refractivity contribution in [3.8, 4) is 0 Å². The fourth-order valence-corrected chi connectivity index (χ4v) is 5.47. The molecule has 5 heteroatoms. The van der Waals surface area contributed by atoms with Crippen LogP contribution in [-0.4, -0.2) is 53.5 Å². The van der Waals surface area contributed by atoms with Crippen LogP contribution in [0.5, 0.6) is 0 Å². The van der Waals surface area contributed by atoms with Crippen molar-refractivity contribution in [2.75, 3.05) is 19.6 Å². The van der Waals surface area contributed by atoms with E-state index in [0.29, 0.717) is 18.4 Å². The number of likely N-dealkylation sites (tertiary alicyclic amines) is 1. The number of fused-ring (bicyclic) bond motifs is 1. The number of amides is 3. The Morgan fingerprint density at radius 1 is 1.15 bits per heavy atom. The van der Waals surface area contributed by atoms with Crippen molar-refractivity contribution < 1.29 is 9.59 Å². The Morgan fingerprint density at radius 3 is 2.52 bits per heavy atom. The van der Waals surface area contributed by atoms with Crippen LogP contribution in [0.4, 0.5) is 4.79 Å².